The Hall–Kier alpha value is -2.24. The summed E-state index contributed by atoms with van der Waals surface area (Å²) in [5.41, 5.74) is 0.855. The molecule has 1 aromatic heterocycles. The molecule has 0 spiro atoms. The van der Waals surface area contributed by atoms with Crippen LogP contribution in [-0.2, 0) is 0 Å². The Morgan fingerprint density at radius 3 is 2.53 bits per heavy atom. The van der Waals surface area contributed by atoms with Gasteiger partial charge in [0, 0.05) is 22.9 Å². The Morgan fingerprint density at radius 1 is 1.21 bits per heavy atom. The lowest BCUT2D eigenvalue weighted by Crippen LogP contribution is -2.17. The maximum Gasteiger partial charge on any atom is 0.573 e. The number of aryl methyl sites for hydroxylation is 1. The van der Waals surface area contributed by atoms with Crippen molar-refractivity contribution in [2.75, 3.05) is 0 Å². The molecule has 0 radical (unpaired) electrons. The first-order valence-corrected chi connectivity index (χ1v) is 5.41. The Kier molecular flexibility index (Phi) is 3.33. The molecule has 100 valence electrons. The van der Waals surface area contributed by atoms with Gasteiger partial charge >= 0.3 is 6.36 Å². The SMILES string of the molecule is Cc1cc(-c2ccccc2OC(F)(F)F)c[nH]c1=O. The van der Waals surface area contributed by atoms with Gasteiger partial charge in [-0.15, -0.1) is 13.2 Å². The quantitative estimate of drug-likeness (QED) is 0.909. The molecule has 0 aliphatic carbocycles. The number of pyridine rings is 1. The Morgan fingerprint density at radius 2 is 1.89 bits per heavy atom. The first kappa shape index (κ1) is 13.2. The van der Waals surface area contributed by atoms with E-state index < -0.39 is 6.36 Å². The van der Waals surface area contributed by atoms with E-state index in [2.05, 4.69) is 9.72 Å². The fourth-order valence-corrected chi connectivity index (χ4v) is 1.67. The summed E-state index contributed by atoms with van der Waals surface area (Å²) < 4.78 is 40.9. The van der Waals surface area contributed by atoms with E-state index in [9.17, 15) is 18.0 Å². The third-order valence-corrected chi connectivity index (χ3v) is 2.51. The molecule has 0 bridgehead atoms. The van der Waals surface area contributed by atoms with E-state index in [0.29, 0.717) is 11.1 Å². The molecule has 0 saturated heterocycles. The van der Waals surface area contributed by atoms with Gasteiger partial charge in [0.2, 0.25) is 0 Å². The first-order valence-electron chi connectivity index (χ1n) is 5.41. The minimum Gasteiger partial charge on any atom is -0.405 e. The number of para-hydroxylation sites is 1. The maximum absolute atomic E-state index is 12.3. The third-order valence-electron chi connectivity index (χ3n) is 2.51. The van der Waals surface area contributed by atoms with Crippen LogP contribution in [0.15, 0.2) is 41.3 Å². The predicted octanol–water partition coefficient (Wildman–Crippen LogP) is 3.25. The van der Waals surface area contributed by atoms with E-state index in [0.717, 1.165) is 0 Å². The van der Waals surface area contributed by atoms with Crippen LogP contribution in [0.2, 0.25) is 0 Å². The van der Waals surface area contributed by atoms with E-state index >= 15 is 0 Å². The largest absolute Gasteiger partial charge is 0.573 e. The van der Waals surface area contributed by atoms with Gasteiger partial charge in [-0.1, -0.05) is 18.2 Å². The van der Waals surface area contributed by atoms with Crippen molar-refractivity contribution in [2.45, 2.75) is 13.3 Å². The van der Waals surface area contributed by atoms with Crippen molar-refractivity contribution in [1.29, 1.82) is 0 Å². The van der Waals surface area contributed by atoms with Gasteiger partial charge in [0.15, 0.2) is 0 Å². The fourth-order valence-electron chi connectivity index (χ4n) is 1.67. The van der Waals surface area contributed by atoms with E-state index in [1.165, 1.54) is 30.5 Å². The Labute approximate surface area is 106 Å². The molecule has 1 heterocycles. The molecule has 3 nitrogen and oxygen atoms in total. The van der Waals surface area contributed by atoms with Gasteiger partial charge in [-0.05, 0) is 19.1 Å². The second-order valence-corrected chi connectivity index (χ2v) is 3.94. The molecule has 1 aromatic carbocycles. The van der Waals surface area contributed by atoms with Gasteiger partial charge in [-0.25, -0.2) is 0 Å². The highest BCUT2D eigenvalue weighted by molar-refractivity contribution is 5.70. The van der Waals surface area contributed by atoms with Crippen molar-refractivity contribution in [3.63, 3.8) is 0 Å². The van der Waals surface area contributed by atoms with Crippen molar-refractivity contribution in [3.8, 4) is 16.9 Å². The average Bonchev–Trinajstić information content (AvgIpc) is 2.31. The van der Waals surface area contributed by atoms with Gasteiger partial charge in [0.25, 0.3) is 5.56 Å². The molecule has 2 rings (SSSR count). The molecule has 0 saturated carbocycles. The van der Waals surface area contributed by atoms with Crippen LogP contribution in [0.25, 0.3) is 11.1 Å². The molecule has 0 aliphatic heterocycles. The van der Waals surface area contributed by atoms with Gasteiger partial charge in [-0.3, -0.25) is 4.79 Å². The van der Waals surface area contributed by atoms with Crippen molar-refractivity contribution in [2.24, 2.45) is 0 Å². The van der Waals surface area contributed by atoms with Crippen molar-refractivity contribution in [1.82, 2.24) is 4.98 Å². The molecule has 1 N–H and O–H groups in total. The molecule has 0 aliphatic rings. The molecule has 6 heteroatoms. The number of hydrogen-bond acceptors (Lipinski definition) is 2. The molecular formula is C13H10F3NO2. The van der Waals surface area contributed by atoms with Crippen LogP contribution in [0.1, 0.15) is 5.56 Å². The van der Waals surface area contributed by atoms with E-state index in [4.69, 9.17) is 0 Å². The van der Waals surface area contributed by atoms with Gasteiger partial charge in [0.1, 0.15) is 5.75 Å². The van der Waals surface area contributed by atoms with Crippen LogP contribution in [0.4, 0.5) is 13.2 Å². The highest BCUT2D eigenvalue weighted by atomic mass is 19.4. The van der Waals surface area contributed by atoms with E-state index in [-0.39, 0.29) is 16.9 Å². The fraction of sp³-hybridized carbons (Fsp3) is 0.154. The summed E-state index contributed by atoms with van der Waals surface area (Å²) in [5, 5.41) is 0. The zero-order valence-corrected chi connectivity index (χ0v) is 9.91. The highest BCUT2D eigenvalue weighted by Crippen LogP contribution is 2.33. The Balaban J connectivity index is 2.50. The third kappa shape index (κ3) is 3.15. The minimum absolute atomic E-state index is 0.263. The Bertz CT molecular complexity index is 647. The van der Waals surface area contributed by atoms with Crippen LogP contribution in [0.3, 0.4) is 0 Å². The lowest BCUT2D eigenvalue weighted by atomic mass is 10.1. The molecule has 2 aromatic rings. The number of H-pyrrole nitrogens is 1. The normalized spacial score (nSPS) is 11.4. The lowest BCUT2D eigenvalue weighted by Gasteiger charge is -2.13. The monoisotopic (exact) mass is 269 g/mol. The van der Waals surface area contributed by atoms with Crippen LogP contribution in [-0.4, -0.2) is 11.3 Å². The zero-order valence-electron chi connectivity index (χ0n) is 9.91. The predicted molar refractivity (Wildman–Crippen MR) is 63.9 cm³/mol. The van der Waals surface area contributed by atoms with Crippen molar-refractivity contribution in [3.05, 3.63) is 52.4 Å². The number of nitrogens with one attached hydrogen (secondary N) is 1. The molecule has 0 fully saturated rings. The van der Waals surface area contributed by atoms with Crippen LogP contribution < -0.4 is 10.3 Å². The number of hydrogen-bond donors (Lipinski definition) is 1. The standard InChI is InChI=1S/C13H10F3NO2/c1-8-6-9(7-17-12(8)18)10-4-2-3-5-11(10)19-13(14,15)16/h2-7H,1H3,(H,17,18). The topological polar surface area (TPSA) is 42.1 Å². The summed E-state index contributed by atoms with van der Waals surface area (Å²) in [7, 11) is 0. The summed E-state index contributed by atoms with van der Waals surface area (Å²) in [4.78, 5) is 13.7. The molecule has 0 amide bonds. The van der Waals surface area contributed by atoms with Gasteiger partial charge < -0.3 is 9.72 Å². The summed E-state index contributed by atoms with van der Waals surface area (Å²) in [6.45, 7) is 1.58. The maximum atomic E-state index is 12.3. The lowest BCUT2D eigenvalue weighted by molar-refractivity contribution is -0.274. The van der Waals surface area contributed by atoms with E-state index in [1.807, 2.05) is 0 Å². The second kappa shape index (κ2) is 4.79. The number of halogens is 3. The number of alkyl halides is 3. The van der Waals surface area contributed by atoms with Crippen LogP contribution in [0.5, 0.6) is 5.75 Å². The molecule has 0 atom stereocenters. The number of rotatable bonds is 2. The van der Waals surface area contributed by atoms with E-state index in [1.54, 1.807) is 13.0 Å². The second-order valence-electron chi connectivity index (χ2n) is 3.94. The molecule has 0 unspecified atom stereocenters. The number of aromatic amines is 1. The summed E-state index contributed by atoms with van der Waals surface area (Å²) in [6.07, 6.45) is -3.40. The summed E-state index contributed by atoms with van der Waals surface area (Å²) in [6, 6.07) is 7.27. The van der Waals surface area contributed by atoms with Gasteiger partial charge in [0.05, 0.1) is 0 Å². The van der Waals surface area contributed by atoms with Crippen molar-refractivity contribution >= 4 is 0 Å². The number of aromatic nitrogens is 1. The van der Waals surface area contributed by atoms with Crippen LogP contribution in [0, 0.1) is 6.92 Å². The summed E-state index contributed by atoms with van der Waals surface area (Å²) >= 11 is 0. The average molecular weight is 269 g/mol. The minimum atomic E-state index is -4.76. The number of ether oxygens (including phenoxy) is 1. The highest BCUT2D eigenvalue weighted by Gasteiger charge is 2.32. The number of benzene rings is 1. The first-order chi connectivity index (χ1) is 8.87. The zero-order chi connectivity index (χ0) is 14.0. The smallest absolute Gasteiger partial charge is 0.405 e. The molecule has 19 heavy (non-hydrogen) atoms. The van der Waals surface area contributed by atoms with Gasteiger partial charge in [-0.2, -0.15) is 0 Å². The van der Waals surface area contributed by atoms with Crippen LogP contribution >= 0.6 is 0 Å². The van der Waals surface area contributed by atoms with Crippen molar-refractivity contribution < 1.29 is 17.9 Å². The molecular weight excluding hydrogens is 259 g/mol. The summed E-state index contributed by atoms with van der Waals surface area (Å²) in [5.74, 6) is -0.304.